The summed E-state index contributed by atoms with van der Waals surface area (Å²) >= 11 is 0. The summed E-state index contributed by atoms with van der Waals surface area (Å²) in [6.45, 7) is 45.0. The van der Waals surface area contributed by atoms with Gasteiger partial charge in [-0.05, 0) is 305 Å². The lowest BCUT2D eigenvalue weighted by atomic mass is 9.69. The van der Waals surface area contributed by atoms with Gasteiger partial charge >= 0.3 is 22.5 Å². The van der Waals surface area contributed by atoms with E-state index >= 15 is 0 Å². The average molecular weight is 1820 g/mol. The first kappa shape index (κ1) is 85.9. The van der Waals surface area contributed by atoms with Gasteiger partial charge in [-0.1, -0.05) is 214 Å². The molecule has 17 aromatic rings. The van der Waals surface area contributed by atoms with Crippen molar-refractivity contribution in [1.82, 2.24) is 0 Å². The van der Waals surface area contributed by atoms with Crippen molar-refractivity contribution in [1.29, 1.82) is 0 Å². The fourth-order valence-electron chi connectivity index (χ4n) is 25.5. The Kier molecular flexibility index (Phi) is 18.6. The molecule has 0 amide bonds. The van der Waals surface area contributed by atoms with E-state index in [1.807, 2.05) is 12.1 Å². The van der Waals surface area contributed by atoms with E-state index in [1.54, 1.807) is 0 Å². The second kappa shape index (κ2) is 29.9. The maximum absolute atomic E-state index is 14.9. The lowest BCUT2D eigenvalue weighted by Gasteiger charge is -2.48. The van der Waals surface area contributed by atoms with Gasteiger partial charge in [-0.25, -0.2) is 19.2 Å². The number of fused-ring (bicyclic) bond motifs is 12. The van der Waals surface area contributed by atoms with Gasteiger partial charge < -0.3 is 47.1 Å². The highest BCUT2D eigenvalue weighted by Crippen LogP contribution is 2.59. The Morgan fingerprint density at radius 3 is 0.826 bits per heavy atom. The predicted molar refractivity (Wildman–Crippen MR) is 570 cm³/mol. The molecule has 4 aromatic heterocycles. The van der Waals surface area contributed by atoms with Crippen molar-refractivity contribution < 1.29 is 17.7 Å². The Labute approximate surface area is 805 Å². The molecule has 8 aliphatic heterocycles. The molecule has 14 heteroatoms. The summed E-state index contributed by atoms with van der Waals surface area (Å²) in [5.41, 5.74) is 28.0. The van der Waals surface area contributed by atoms with Crippen LogP contribution in [0.5, 0.6) is 0 Å². The molecule has 0 saturated heterocycles. The zero-order valence-electron chi connectivity index (χ0n) is 82.2. The van der Waals surface area contributed by atoms with Crippen molar-refractivity contribution >= 4 is 133 Å². The summed E-state index contributed by atoms with van der Waals surface area (Å²) in [7, 11) is 0. The zero-order chi connectivity index (χ0) is 95.0. The van der Waals surface area contributed by atoms with E-state index in [9.17, 15) is 19.2 Å². The van der Waals surface area contributed by atoms with Gasteiger partial charge in [0, 0.05) is 153 Å². The van der Waals surface area contributed by atoms with Crippen molar-refractivity contribution in [2.75, 3.05) is 81.8 Å². The summed E-state index contributed by atoms with van der Waals surface area (Å²) in [4.78, 5) is 73.5. The minimum atomic E-state index is -0.371. The van der Waals surface area contributed by atoms with Crippen LogP contribution in [0.4, 0.5) is 56.9 Å². The Morgan fingerprint density at radius 1 is 0.225 bits per heavy atom. The van der Waals surface area contributed by atoms with Crippen molar-refractivity contribution in [3.05, 3.63) is 317 Å². The number of nitrogens with zero attached hydrogens (tertiary/aromatic N) is 6. The molecule has 0 radical (unpaired) electrons. The first-order valence-corrected chi connectivity index (χ1v) is 50.1. The second-order valence-corrected chi connectivity index (χ2v) is 46.6. The van der Waals surface area contributed by atoms with Gasteiger partial charge in [0.25, 0.3) is 0 Å². The molecule has 14 nitrogen and oxygen atoms in total. The van der Waals surface area contributed by atoms with E-state index in [0.717, 1.165) is 247 Å². The molecule has 25 rings (SSSR count). The van der Waals surface area contributed by atoms with Crippen LogP contribution >= 0.6 is 0 Å². The minimum absolute atomic E-state index is 0.0308. The van der Waals surface area contributed by atoms with Gasteiger partial charge in [0.05, 0.1) is 27.9 Å². The molecule has 138 heavy (non-hydrogen) atoms. The number of benzene rings is 13. The highest BCUT2D eigenvalue weighted by molar-refractivity contribution is 6.11. The van der Waals surface area contributed by atoms with Crippen LogP contribution in [-0.4, -0.2) is 52.4 Å². The Bertz CT molecular complexity index is 8400. The molecule has 12 heterocycles. The third-order valence-electron chi connectivity index (χ3n) is 34.2. The third kappa shape index (κ3) is 13.3. The molecule has 0 aliphatic carbocycles. The van der Waals surface area contributed by atoms with E-state index in [4.69, 9.17) is 17.7 Å². The van der Waals surface area contributed by atoms with Crippen LogP contribution < -0.4 is 51.9 Å². The van der Waals surface area contributed by atoms with Gasteiger partial charge in [0.2, 0.25) is 0 Å². The molecule has 0 N–H and O–H groups in total. The molecular weight excluding hydrogens is 1700 g/mol. The standard InChI is InChI=1S/C124H118N6O8/c1-117(2)44-52-125-56-48-121(9,10)101-105(125)96(117)67-80-63-92(113(131)135-109(80)101)73-22-20-71(21-23-73)72-26-32-84(33-27-72)129(88-40-43-90-79(62-88)25-24-76-61-77(30-41-89(76)90)94-65-82-69-98-107-103(111(82)137-115(94)133)123(13,14)50-58-127(107)54-46-119(98,5)6)85-36-38-87(39-37-85)130(86-34-28-74(29-35-86)93-64-81-68-97-106-102(110(81)136-114(93)132)122(11,12)49-57-126(106)53-45-118(97,3)4)100-19-17-18-75-60-78(31-42-91(75)100)95-66-83-70-99-108-104(112(83)138-116(95)134)124(15,16)51-59-128(108)55-47-120(99,7)8/h17-43,60-70H,44-59H2,1-16H3. The quantitative estimate of drug-likeness (QED) is 0.0896. The van der Waals surface area contributed by atoms with Crippen molar-refractivity contribution in [3.8, 4) is 55.6 Å². The van der Waals surface area contributed by atoms with Gasteiger partial charge in [-0.15, -0.1) is 0 Å². The molecule has 0 spiro atoms. The molecular formula is C124H118N6O8. The van der Waals surface area contributed by atoms with E-state index in [0.29, 0.717) is 44.6 Å². The van der Waals surface area contributed by atoms with Crippen molar-refractivity contribution in [3.63, 3.8) is 0 Å². The topological polar surface area (TPSA) is 140 Å². The normalized spacial score (nSPS) is 18.5. The fourth-order valence-corrected chi connectivity index (χ4v) is 25.5. The SMILES string of the molecule is CC1(C)CCN2CCC(C)(C)c3c2c1cc1cc(-c2ccc(-c4ccc(N(c5ccc(N(c6ccc(-c7cc8cc9c%10c(c8oc7=O)C(C)(C)CCN%10CCC9(C)C)cc6)c6cccc7cc(-c8cc9cc%10c%11c(c9oc8=O)C(C)(C)CCN%11CCC%10(C)C)ccc67)cc5)c5ccc6c(ccc7cc(-c8cc9cc%10c%11c(c9oc8=O)C(C)(C)CCN%11CCC%10(C)C)ccc76)c5)cc4)cc2)c(=O)oc31. The number of rotatable bonds is 11. The molecule has 0 bridgehead atoms. The largest absolute Gasteiger partial charge is 0.422 e. The predicted octanol–water partition coefficient (Wildman–Crippen LogP) is 29.5. The van der Waals surface area contributed by atoms with Crippen LogP contribution in [0.3, 0.4) is 0 Å². The molecule has 0 atom stereocenters. The zero-order valence-corrected chi connectivity index (χ0v) is 82.2. The van der Waals surface area contributed by atoms with E-state index < -0.39 is 0 Å². The van der Waals surface area contributed by atoms with Crippen molar-refractivity contribution in [2.45, 2.75) is 205 Å². The molecule has 692 valence electrons. The smallest absolute Gasteiger partial charge is 0.344 e. The van der Waals surface area contributed by atoms with Crippen molar-refractivity contribution in [2.24, 2.45) is 0 Å². The van der Waals surface area contributed by atoms with Gasteiger partial charge in [0.15, 0.2) is 0 Å². The maximum Gasteiger partial charge on any atom is 0.344 e. The van der Waals surface area contributed by atoms with Crippen LogP contribution in [0, 0.1) is 0 Å². The monoisotopic (exact) mass is 1820 g/mol. The first-order valence-electron chi connectivity index (χ1n) is 50.1. The summed E-state index contributed by atoms with van der Waals surface area (Å²) in [5, 5.41) is 9.89. The first-order chi connectivity index (χ1) is 65.9. The second-order valence-electron chi connectivity index (χ2n) is 46.6. The van der Waals surface area contributed by atoms with Crippen LogP contribution in [0.15, 0.2) is 267 Å². The van der Waals surface area contributed by atoms with Crippen LogP contribution in [0.25, 0.3) is 132 Å². The van der Waals surface area contributed by atoms with E-state index in [2.05, 4.69) is 359 Å². The third-order valence-corrected chi connectivity index (χ3v) is 34.2. The number of anilines is 10. The van der Waals surface area contributed by atoms with Crippen LogP contribution in [0.2, 0.25) is 0 Å². The van der Waals surface area contributed by atoms with E-state index in [1.165, 1.54) is 45.0 Å². The lowest BCUT2D eigenvalue weighted by Crippen LogP contribution is -2.44. The highest BCUT2D eigenvalue weighted by atomic mass is 16.4. The van der Waals surface area contributed by atoms with Gasteiger partial charge in [-0.3, -0.25) is 0 Å². The summed E-state index contributed by atoms with van der Waals surface area (Å²) in [5.74, 6) is 0. The highest BCUT2D eigenvalue weighted by Gasteiger charge is 2.48. The average Bonchev–Trinajstić information content (AvgIpc) is 0.698. The number of hydrogen-bond acceptors (Lipinski definition) is 14. The molecule has 0 saturated carbocycles. The van der Waals surface area contributed by atoms with Gasteiger partial charge in [0.1, 0.15) is 22.3 Å². The molecule has 8 aliphatic rings. The van der Waals surface area contributed by atoms with Gasteiger partial charge in [-0.2, -0.15) is 0 Å². The Balaban J connectivity index is 0.608. The summed E-state index contributed by atoms with van der Waals surface area (Å²) in [6.07, 6.45) is 8.11. The number of hydrogen-bond donors (Lipinski definition) is 0. The molecule has 13 aromatic carbocycles. The van der Waals surface area contributed by atoms with Crippen LogP contribution in [0.1, 0.15) is 207 Å². The molecule has 0 fully saturated rings. The maximum atomic E-state index is 14.9. The van der Waals surface area contributed by atoms with E-state index in [-0.39, 0.29) is 65.8 Å². The Morgan fingerprint density at radius 2 is 0.478 bits per heavy atom. The van der Waals surface area contributed by atoms with Crippen LogP contribution in [-0.2, 0) is 43.3 Å². The minimum Gasteiger partial charge on any atom is -0.422 e. The Hall–Kier alpha value is -13.7. The summed E-state index contributed by atoms with van der Waals surface area (Å²) in [6, 6.07) is 81.8. The lowest BCUT2D eigenvalue weighted by molar-refractivity contribution is 0.398. The summed E-state index contributed by atoms with van der Waals surface area (Å²) < 4.78 is 26.4. The molecule has 0 unspecified atom stereocenters. The fraction of sp³-hybridized carbons (Fsp3) is 0.323.